The molecule has 1 aliphatic rings. The summed E-state index contributed by atoms with van der Waals surface area (Å²) in [6.07, 6.45) is -1.07. The summed E-state index contributed by atoms with van der Waals surface area (Å²) in [5.74, 6) is -0.844. The van der Waals surface area contributed by atoms with E-state index in [1.807, 2.05) is 13.8 Å². The Hall–Kier alpha value is -1.39. The lowest BCUT2D eigenvalue weighted by atomic mass is 9.86. The second kappa shape index (κ2) is 11.5. The summed E-state index contributed by atoms with van der Waals surface area (Å²) < 4.78 is 11.9. The molecule has 0 radical (unpaired) electrons. The molecule has 1 heterocycles. The van der Waals surface area contributed by atoms with Crippen molar-refractivity contribution in [3.05, 3.63) is 0 Å². The molecule has 31 heavy (non-hydrogen) atoms. The van der Waals surface area contributed by atoms with Gasteiger partial charge in [-0.05, 0) is 18.1 Å². The second-order valence-corrected chi connectivity index (χ2v) is 16.0. The Morgan fingerprint density at radius 2 is 1.65 bits per heavy atom. The van der Waals surface area contributed by atoms with Crippen molar-refractivity contribution < 1.29 is 28.3 Å². The number of esters is 1. The Morgan fingerprint density at radius 1 is 1.00 bits per heavy atom. The Bertz CT molecular complexity index is 675. The fourth-order valence-corrected chi connectivity index (χ4v) is 4.37. The van der Waals surface area contributed by atoms with Crippen molar-refractivity contribution in [1.29, 1.82) is 0 Å². The monoisotopic (exact) mass is 474 g/mol. The molecule has 1 saturated heterocycles. The molecule has 1 unspecified atom stereocenters. The van der Waals surface area contributed by atoms with Crippen LogP contribution in [-0.4, -0.2) is 62.8 Å². The lowest BCUT2D eigenvalue weighted by Crippen LogP contribution is -2.51. The lowest BCUT2D eigenvalue weighted by Gasteiger charge is -2.40. The highest BCUT2D eigenvalue weighted by molar-refractivity contribution is 8.13. The first-order chi connectivity index (χ1) is 14.2. The summed E-state index contributed by atoms with van der Waals surface area (Å²) in [4.78, 5) is 49.2. The van der Waals surface area contributed by atoms with E-state index in [2.05, 4.69) is 44.5 Å². The SMILES string of the molecule is CC(C)(CO[Si](C)(C)C(C)(C)C)C1OC(=O)CCC(=O)SCCNC(=O)CCNC1=O. The van der Waals surface area contributed by atoms with Crippen LogP contribution in [0.25, 0.3) is 0 Å². The van der Waals surface area contributed by atoms with Crippen LogP contribution in [0, 0.1) is 5.41 Å². The van der Waals surface area contributed by atoms with Gasteiger partial charge >= 0.3 is 5.97 Å². The van der Waals surface area contributed by atoms with Gasteiger partial charge in [0.25, 0.3) is 5.91 Å². The number of amides is 2. The Balaban J connectivity index is 2.98. The summed E-state index contributed by atoms with van der Waals surface area (Å²) in [7, 11) is -2.08. The van der Waals surface area contributed by atoms with Crippen molar-refractivity contribution in [2.24, 2.45) is 5.41 Å². The van der Waals surface area contributed by atoms with Crippen LogP contribution < -0.4 is 10.6 Å². The van der Waals surface area contributed by atoms with E-state index in [0.717, 1.165) is 11.8 Å². The van der Waals surface area contributed by atoms with E-state index < -0.39 is 31.7 Å². The number of cyclic esters (lactones) is 1. The summed E-state index contributed by atoms with van der Waals surface area (Å²) in [6, 6.07) is 0. The topological polar surface area (TPSA) is 111 Å². The van der Waals surface area contributed by atoms with E-state index in [-0.39, 0.29) is 48.5 Å². The molecule has 0 saturated carbocycles. The van der Waals surface area contributed by atoms with Gasteiger partial charge in [-0.2, -0.15) is 0 Å². The molecule has 0 aliphatic carbocycles. The predicted octanol–water partition coefficient (Wildman–Crippen LogP) is 2.62. The van der Waals surface area contributed by atoms with Gasteiger partial charge in [0.1, 0.15) is 0 Å². The molecule has 0 aromatic carbocycles. The van der Waals surface area contributed by atoms with Crippen LogP contribution in [0.15, 0.2) is 0 Å². The van der Waals surface area contributed by atoms with E-state index in [4.69, 9.17) is 9.16 Å². The highest BCUT2D eigenvalue weighted by Gasteiger charge is 2.43. The molecule has 1 aliphatic heterocycles. The molecular formula is C21H38N2O6SSi. The minimum absolute atomic E-state index is 0.00479. The minimum Gasteiger partial charge on any atom is -0.452 e. The van der Waals surface area contributed by atoms with Crippen molar-refractivity contribution >= 4 is 43.0 Å². The molecule has 0 bridgehead atoms. The van der Waals surface area contributed by atoms with Gasteiger partial charge in [-0.15, -0.1) is 0 Å². The maximum atomic E-state index is 12.9. The van der Waals surface area contributed by atoms with Crippen LogP contribution in [0.4, 0.5) is 0 Å². The van der Waals surface area contributed by atoms with Gasteiger partial charge in [-0.1, -0.05) is 46.4 Å². The molecule has 0 spiro atoms. The van der Waals surface area contributed by atoms with Crippen molar-refractivity contribution in [3.63, 3.8) is 0 Å². The van der Waals surface area contributed by atoms with Crippen molar-refractivity contribution in [2.75, 3.05) is 25.4 Å². The quantitative estimate of drug-likeness (QED) is 0.476. The first-order valence-electron chi connectivity index (χ1n) is 10.7. The molecule has 0 aromatic rings. The molecule has 10 heteroatoms. The third-order valence-corrected chi connectivity index (χ3v) is 11.1. The number of nitrogens with one attached hydrogen (secondary N) is 2. The van der Waals surface area contributed by atoms with Crippen molar-refractivity contribution in [3.8, 4) is 0 Å². The van der Waals surface area contributed by atoms with Crippen molar-refractivity contribution in [1.82, 2.24) is 10.6 Å². The van der Waals surface area contributed by atoms with Gasteiger partial charge in [0.05, 0.1) is 6.42 Å². The smallest absolute Gasteiger partial charge is 0.307 e. The van der Waals surface area contributed by atoms with Crippen LogP contribution in [0.1, 0.15) is 53.9 Å². The fourth-order valence-electron chi connectivity index (χ4n) is 2.53. The Labute approximate surface area is 191 Å². The number of rotatable bonds is 4. The van der Waals surface area contributed by atoms with Gasteiger partial charge in [0.15, 0.2) is 19.5 Å². The molecule has 1 fully saturated rings. The summed E-state index contributed by atoms with van der Waals surface area (Å²) in [5.41, 5.74) is -0.801. The standard InChI is InChI=1S/C21H38N2O6SSi/c1-20(2,3)31(6,7)28-14-21(4,5)18-19(27)23-11-10-15(24)22-12-13-30-17(26)9-8-16(25)29-18/h18H,8-14H2,1-7H3,(H,22,24)(H,23,27). The maximum absolute atomic E-state index is 12.9. The number of ether oxygens (including phenoxy) is 1. The van der Waals surface area contributed by atoms with Gasteiger partial charge in [0.2, 0.25) is 5.91 Å². The third-order valence-electron chi connectivity index (χ3n) is 5.68. The largest absolute Gasteiger partial charge is 0.452 e. The van der Waals surface area contributed by atoms with Crippen LogP contribution in [0.3, 0.4) is 0 Å². The van der Waals surface area contributed by atoms with Crippen molar-refractivity contribution in [2.45, 2.75) is 78.1 Å². The summed E-state index contributed by atoms with van der Waals surface area (Å²) in [5, 5.41) is 5.26. The predicted molar refractivity (Wildman–Crippen MR) is 124 cm³/mol. The molecule has 8 nitrogen and oxygen atoms in total. The third kappa shape index (κ3) is 9.32. The normalized spacial score (nSPS) is 21.5. The zero-order valence-corrected chi connectivity index (χ0v) is 21.7. The number of hydrogen-bond donors (Lipinski definition) is 2. The number of carbonyl (C=O) groups excluding carboxylic acids is 4. The number of thioether (sulfide) groups is 1. The van der Waals surface area contributed by atoms with E-state index in [1.54, 1.807) is 0 Å². The fraction of sp³-hybridized carbons (Fsp3) is 0.810. The molecular weight excluding hydrogens is 436 g/mol. The molecule has 2 amide bonds. The van der Waals surface area contributed by atoms with Gasteiger partial charge in [-0.25, -0.2) is 0 Å². The van der Waals surface area contributed by atoms with Crippen LogP contribution in [0.5, 0.6) is 0 Å². The van der Waals surface area contributed by atoms with Gasteiger partial charge < -0.3 is 19.8 Å². The zero-order chi connectivity index (χ0) is 23.9. The summed E-state index contributed by atoms with van der Waals surface area (Å²) in [6.45, 7) is 15.0. The molecule has 1 atom stereocenters. The summed E-state index contributed by atoms with van der Waals surface area (Å²) >= 11 is 1.07. The first-order valence-corrected chi connectivity index (χ1v) is 14.6. The van der Waals surface area contributed by atoms with E-state index in [9.17, 15) is 19.2 Å². The van der Waals surface area contributed by atoms with Crippen LogP contribution in [-0.2, 0) is 28.3 Å². The van der Waals surface area contributed by atoms with E-state index >= 15 is 0 Å². The number of carbonyl (C=O) groups is 4. The molecule has 2 N–H and O–H groups in total. The Kier molecular flexibility index (Phi) is 10.2. The van der Waals surface area contributed by atoms with Crippen LogP contribution >= 0.6 is 11.8 Å². The maximum Gasteiger partial charge on any atom is 0.307 e. The molecule has 1 rings (SSSR count). The minimum atomic E-state index is -2.08. The van der Waals surface area contributed by atoms with Crippen LogP contribution in [0.2, 0.25) is 18.1 Å². The van der Waals surface area contributed by atoms with Gasteiger partial charge in [-0.3, -0.25) is 19.2 Å². The molecule has 0 aromatic heterocycles. The highest BCUT2D eigenvalue weighted by Crippen LogP contribution is 2.38. The average Bonchev–Trinajstić information content (AvgIpc) is 2.65. The van der Waals surface area contributed by atoms with Gasteiger partial charge in [0, 0.05) is 43.7 Å². The number of hydrogen-bond acceptors (Lipinski definition) is 7. The highest BCUT2D eigenvalue weighted by atomic mass is 32.2. The molecule has 178 valence electrons. The van der Waals surface area contributed by atoms with E-state index in [1.165, 1.54) is 0 Å². The van der Waals surface area contributed by atoms with E-state index in [0.29, 0.717) is 12.3 Å². The second-order valence-electron chi connectivity index (χ2n) is 10.0. The lowest BCUT2D eigenvalue weighted by molar-refractivity contribution is -0.165. The zero-order valence-electron chi connectivity index (χ0n) is 19.9. The first kappa shape index (κ1) is 27.6. The Morgan fingerprint density at radius 3 is 2.26 bits per heavy atom. The average molecular weight is 475 g/mol.